The highest BCUT2D eigenvalue weighted by Gasteiger charge is 2.29. The molecule has 0 rings (SSSR count). The Labute approximate surface area is 122 Å². The summed E-state index contributed by atoms with van der Waals surface area (Å²) in [5.41, 5.74) is 5.27. The summed E-state index contributed by atoms with van der Waals surface area (Å²) in [4.78, 5) is 20.1. The Kier molecular flexibility index (Phi) is 12.2. The summed E-state index contributed by atoms with van der Waals surface area (Å²) >= 11 is 0. The van der Waals surface area contributed by atoms with Gasteiger partial charge in [-0.25, -0.2) is 0 Å². The van der Waals surface area contributed by atoms with Crippen molar-refractivity contribution in [1.82, 2.24) is 0 Å². The van der Waals surface area contributed by atoms with Crippen molar-refractivity contribution in [2.24, 2.45) is 11.7 Å². The molecule has 0 aromatic carbocycles. The molecule has 0 saturated heterocycles. The van der Waals surface area contributed by atoms with Crippen LogP contribution in [-0.4, -0.2) is 80.0 Å². The molecule has 9 heteroatoms. The van der Waals surface area contributed by atoms with E-state index in [1.165, 1.54) is 0 Å². The van der Waals surface area contributed by atoms with Crippen LogP contribution >= 0.6 is 0 Å². The summed E-state index contributed by atoms with van der Waals surface area (Å²) < 4.78 is 0. The minimum Gasteiger partial charge on any atom is -0.480 e. The fraction of sp³-hybridized carbons (Fsp3) is 0.833. The van der Waals surface area contributed by atoms with Gasteiger partial charge in [0.15, 0.2) is 6.29 Å². The normalized spacial score (nSPS) is 19.2. The van der Waals surface area contributed by atoms with Gasteiger partial charge in [-0.05, 0) is 5.92 Å². The van der Waals surface area contributed by atoms with E-state index in [2.05, 4.69) is 0 Å². The molecule has 0 saturated carbocycles. The molecule has 0 aliphatic rings. The maximum absolute atomic E-state index is 10.2. The highest BCUT2D eigenvalue weighted by atomic mass is 16.4. The predicted octanol–water partition coefficient (Wildman–Crippen LogP) is -2.93. The van der Waals surface area contributed by atoms with Gasteiger partial charge in [-0.15, -0.1) is 0 Å². The quantitative estimate of drug-likeness (QED) is 0.231. The number of hydrogen-bond acceptors (Lipinski definition) is 8. The number of hydrogen-bond donors (Lipinski definition) is 7. The second-order valence-electron chi connectivity index (χ2n) is 4.61. The largest absolute Gasteiger partial charge is 0.480 e. The van der Waals surface area contributed by atoms with Crippen LogP contribution in [0.15, 0.2) is 0 Å². The van der Waals surface area contributed by atoms with E-state index in [1.54, 1.807) is 0 Å². The van der Waals surface area contributed by atoms with Crippen LogP contribution in [0.2, 0.25) is 0 Å². The molecule has 21 heavy (non-hydrogen) atoms. The minimum absolute atomic E-state index is 0.0258. The number of aliphatic hydroxyl groups is 5. The molecule has 0 aliphatic heterocycles. The fourth-order valence-electron chi connectivity index (χ4n) is 1.12. The summed E-state index contributed by atoms with van der Waals surface area (Å²) in [7, 11) is 0. The number of rotatable bonds is 8. The van der Waals surface area contributed by atoms with Gasteiger partial charge in [-0.2, -0.15) is 0 Å². The summed E-state index contributed by atoms with van der Waals surface area (Å²) in [5.74, 6) is -0.841. The topological polar surface area (TPSA) is 182 Å². The minimum atomic E-state index is -1.79. The Balaban J connectivity index is 0. The number of carboxylic acids is 1. The second-order valence-corrected chi connectivity index (χ2v) is 4.61. The van der Waals surface area contributed by atoms with E-state index in [-0.39, 0.29) is 12.2 Å². The summed E-state index contributed by atoms with van der Waals surface area (Å²) in [5, 5.41) is 51.9. The third-order valence-electron chi connectivity index (χ3n) is 2.96. The molecule has 9 nitrogen and oxygen atoms in total. The first-order valence-electron chi connectivity index (χ1n) is 6.40. The van der Waals surface area contributed by atoms with Gasteiger partial charge in [0, 0.05) is 0 Å². The molecule has 8 N–H and O–H groups in total. The Morgan fingerprint density at radius 3 is 1.90 bits per heavy atom. The number of aliphatic hydroxyl groups excluding tert-OH is 5. The van der Waals surface area contributed by atoms with Crippen molar-refractivity contribution in [3.05, 3.63) is 0 Å². The van der Waals surface area contributed by atoms with E-state index < -0.39 is 43.0 Å². The van der Waals surface area contributed by atoms with E-state index >= 15 is 0 Å². The molecule has 126 valence electrons. The van der Waals surface area contributed by atoms with Crippen LogP contribution in [0, 0.1) is 5.92 Å². The first-order valence-corrected chi connectivity index (χ1v) is 6.40. The van der Waals surface area contributed by atoms with E-state index in [0.29, 0.717) is 0 Å². The standard InChI is InChI=1S/C6H13NO2.C6H12O6/c1-3-4(2)5(7)6(8)9;7-1-3(9)5(11)6(12)4(10)2-8/h4-5H,3,7H2,1-2H3,(H,8,9);1,3-6,8-12H,2H2/t4?,5-;3-,4+,5+,6-/m00/s1. The smallest absolute Gasteiger partial charge is 0.320 e. The molecular formula is C12H25NO8. The van der Waals surface area contributed by atoms with E-state index in [1.807, 2.05) is 13.8 Å². The van der Waals surface area contributed by atoms with Gasteiger partial charge >= 0.3 is 5.97 Å². The molecule has 0 bridgehead atoms. The number of aliphatic carboxylic acids is 1. The Bertz CT molecular complexity index is 301. The number of aldehydes is 1. The van der Waals surface area contributed by atoms with Gasteiger partial charge in [0.1, 0.15) is 30.5 Å². The molecule has 0 amide bonds. The van der Waals surface area contributed by atoms with E-state index in [0.717, 1.165) is 6.42 Å². The van der Waals surface area contributed by atoms with Crippen LogP contribution in [0.5, 0.6) is 0 Å². The lowest BCUT2D eigenvalue weighted by atomic mass is 10.0. The molecule has 1 unspecified atom stereocenters. The Morgan fingerprint density at radius 2 is 1.67 bits per heavy atom. The zero-order valence-electron chi connectivity index (χ0n) is 12.0. The number of nitrogens with two attached hydrogens (primary N) is 1. The maximum atomic E-state index is 10.2. The van der Waals surface area contributed by atoms with Crippen molar-refractivity contribution >= 4 is 12.3 Å². The maximum Gasteiger partial charge on any atom is 0.320 e. The SMILES string of the molecule is CCC(C)[C@H](N)C(=O)O.O=C[C@H](O)[C@@H](O)[C@@H](O)[C@H](O)CO. The van der Waals surface area contributed by atoms with Crippen molar-refractivity contribution < 1.29 is 40.2 Å². The third kappa shape index (κ3) is 8.71. The monoisotopic (exact) mass is 311 g/mol. The zero-order valence-corrected chi connectivity index (χ0v) is 12.0. The average Bonchev–Trinajstić information content (AvgIpc) is 2.50. The van der Waals surface area contributed by atoms with Crippen molar-refractivity contribution in [2.45, 2.75) is 50.7 Å². The van der Waals surface area contributed by atoms with Crippen LogP contribution in [0.4, 0.5) is 0 Å². The number of carbonyl (C=O) groups is 2. The van der Waals surface area contributed by atoms with Gasteiger partial charge in [-0.1, -0.05) is 20.3 Å². The van der Waals surface area contributed by atoms with Crippen molar-refractivity contribution in [1.29, 1.82) is 0 Å². The third-order valence-corrected chi connectivity index (χ3v) is 2.96. The van der Waals surface area contributed by atoms with Crippen LogP contribution in [-0.2, 0) is 9.59 Å². The summed E-state index contributed by atoms with van der Waals surface area (Å²) in [6.07, 6.45) is -6.03. The summed E-state index contributed by atoms with van der Waals surface area (Å²) in [6.45, 7) is 3.00. The highest BCUT2D eigenvalue weighted by molar-refractivity contribution is 5.73. The first-order chi connectivity index (χ1) is 9.63. The lowest BCUT2D eigenvalue weighted by Crippen LogP contribution is -2.46. The molecule has 0 spiro atoms. The van der Waals surface area contributed by atoms with Gasteiger partial charge in [0.25, 0.3) is 0 Å². The highest BCUT2D eigenvalue weighted by Crippen LogP contribution is 2.04. The van der Waals surface area contributed by atoms with Gasteiger partial charge in [0.2, 0.25) is 0 Å². The fourth-order valence-corrected chi connectivity index (χ4v) is 1.12. The Hall–Kier alpha value is -1.10. The molecule has 0 aromatic heterocycles. The molecule has 0 aromatic rings. The lowest BCUT2D eigenvalue weighted by molar-refractivity contribution is -0.139. The molecule has 0 radical (unpaired) electrons. The van der Waals surface area contributed by atoms with Crippen molar-refractivity contribution in [2.75, 3.05) is 6.61 Å². The number of carboxylic acid groups (broad SMARTS) is 1. The van der Waals surface area contributed by atoms with Crippen LogP contribution < -0.4 is 5.73 Å². The second kappa shape index (κ2) is 11.5. The number of carbonyl (C=O) groups excluding carboxylic acids is 1. The summed E-state index contributed by atoms with van der Waals surface area (Å²) in [6, 6.07) is -0.699. The first kappa shape index (κ1) is 22.2. The van der Waals surface area contributed by atoms with Gasteiger partial charge < -0.3 is 41.2 Å². The molecule has 0 heterocycles. The predicted molar refractivity (Wildman–Crippen MR) is 72.2 cm³/mol. The van der Waals surface area contributed by atoms with Crippen molar-refractivity contribution in [3.63, 3.8) is 0 Å². The van der Waals surface area contributed by atoms with Crippen molar-refractivity contribution in [3.8, 4) is 0 Å². The Morgan fingerprint density at radius 1 is 1.19 bits per heavy atom. The lowest BCUT2D eigenvalue weighted by Gasteiger charge is -2.22. The molecule has 6 atom stereocenters. The average molecular weight is 311 g/mol. The van der Waals surface area contributed by atoms with Gasteiger partial charge in [0.05, 0.1) is 6.61 Å². The van der Waals surface area contributed by atoms with Crippen LogP contribution in [0.3, 0.4) is 0 Å². The van der Waals surface area contributed by atoms with E-state index in [9.17, 15) is 9.59 Å². The van der Waals surface area contributed by atoms with Gasteiger partial charge in [-0.3, -0.25) is 4.79 Å². The molecule has 0 aliphatic carbocycles. The van der Waals surface area contributed by atoms with Crippen LogP contribution in [0.25, 0.3) is 0 Å². The molecular weight excluding hydrogens is 286 g/mol. The molecule has 0 fully saturated rings. The van der Waals surface area contributed by atoms with E-state index in [4.69, 9.17) is 36.4 Å². The van der Waals surface area contributed by atoms with Crippen LogP contribution in [0.1, 0.15) is 20.3 Å². The zero-order chi connectivity index (χ0) is 17.2.